The van der Waals surface area contributed by atoms with Gasteiger partial charge in [-0.15, -0.1) is 0 Å². The van der Waals surface area contributed by atoms with Crippen LogP contribution in [-0.4, -0.2) is 158 Å². The topological polar surface area (TPSA) is 128 Å². The summed E-state index contributed by atoms with van der Waals surface area (Å²) >= 11 is 0. The first-order valence-electron chi connectivity index (χ1n) is 18.2. The minimum absolute atomic E-state index is 0.136. The first kappa shape index (κ1) is 47.0. The summed E-state index contributed by atoms with van der Waals surface area (Å²) in [6, 6.07) is 0. The van der Waals surface area contributed by atoms with Crippen molar-refractivity contribution in [1.82, 2.24) is 0 Å². The zero-order valence-corrected chi connectivity index (χ0v) is 30.4. The molecule has 0 saturated heterocycles. The van der Waals surface area contributed by atoms with Crippen LogP contribution in [0.3, 0.4) is 0 Å². The minimum atomic E-state index is -0.136. The fourth-order valence-electron chi connectivity index (χ4n) is 4.09. The third kappa shape index (κ3) is 43.1. The van der Waals surface area contributed by atoms with Crippen LogP contribution in [-0.2, 0) is 61.6 Å². The van der Waals surface area contributed by atoms with Crippen molar-refractivity contribution >= 4 is 5.97 Å². The average molecular weight is 699 g/mol. The molecule has 48 heavy (non-hydrogen) atoms. The Hall–Kier alpha value is -0.970. The van der Waals surface area contributed by atoms with Gasteiger partial charge in [-0.3, -0.25) is 4.79 Å². The molecule has 0 unspecified atom stereocenters. The number of unbranched alkanes of at least 4 members (excludes halogenated alkanes) is 8. The molecule has 0 aromatic heterocycles. The Morgan fingerprint density at radius 1 is 0.333 bits per heavy atom. The van der Waals surface area contributed by atoms with Crippen LogP contribution in [0.25, 0.3) is 0 Å². The van der Waals surface area contributed by atoms with Gasteiger partial charge in [0.05, 0.1) is 139 Å². The number of ether oxygens (including phenoxy) is 12. The van der Waals surface area contributed by atoms with Gasteiger partial charge in [-0.1, -0.05) is 58.3 Å². The molecule has 0 fully saturated rings. The van der Waals surface area contributed by atoms with Crippen LogP contribution < -0.4 is 0 Å². The van der Waals surface area contributed by atoms with Crippen molar-refractivity contribution in [2.75, 3.05) is 152 Å². The molecule has 0 atom stereocenters. The second kappa shape index (κ2) is 44.1. The molecule has 0 spiro atoms. The third-order valence-corrected chi connectivity index (χ3v) is 6.76. The number of carbonyl (C=O) groups excluding carboxylic acids is 1. The monoisotopic (exact) mass is 698 g/mol. The normalized spacial score (nSPS) is 11.5. The predicted octanol–water partition coefficient (Wildman–Crippen LogP) is 4.26. The number of esters is 1. The van der Waals surface area contributed by atoms with E-state index in [1.54, 1.807) is 7.11 Å². The van der Waals surface area contributed by atoms with E-state index < -0.39 is 0 Å². The van der Waals surface area contributed by atoms with Gasteiger partial charge in [0.25, 0.3) is 0 Å². The molecule has 0 saturated carbocycles. The third-order valence-electron chi connectivity index (χ3n) is 6.76. The van der Waals surface area contributed by atoms with E-state index in [4.69, 9.17) is 56.8 Å². The van der Waals surface area contributed by atoms with Crippen LogP contribution >= 0.6 is 0 Å². The van der Waals surface area contributed by atoms with Gasteiger partial charge in [0.1, 0.15) is 6.61 Å². The van der Waals surface area contributed by atoms with E-state index in [1.165, 1.54) is 44.9 Å². The molecule has 0 aliphatic heterocycles. The molecule has 13 nitrogen and oxygen atoms in total. The minimum Gasteiger partial charge on any atom is -0.463 e. The summed E-state index contributed by atoms with van der Waals surface area (Å²) < 4.78 is 64.6. The summed E-state index contributed by atoms with van der Waals surface area (Å²) in [5, 5.41) is 0. The van der Waals surface area contributed by atoms with E-state index in [1.807, 2.05) is 0 Å². The first-order chi connectivity index (χ1) is 23.8. The molecule has 0 aromatic rings. The van der Waals surface area contributed by atoms with Crippen molar-refractivity contribution in [3.05, 3.63) is 0 Å². The summed E-state index contributed by atoms with van der Waals surface area (Å²) in [7, 11) is 1.65. The molecular weight excluding hydrogens is 628 g/mol. The Bertz CT molecular complexity index is 601. The van der Waals surface area contributed by atoms with Gasteiger partial charge in [-0.2, -0.15) is 0 Å². The molecule has 0 rings (SSSR count). The lowest BCUT2D eigenvalue weighted by Crippen LogP contribution is -2.15. The summed E-state index contributed by atoms with van der Waals surface area (Å²) in [5.74, 6) is -0.136. The summed E-state index contributed by atoms with van der Waals surface area (Å²) in [5.41, 5.74) is 0. The standard InChI is InChI=1S/C35H70O13/c1-3-4-5-6-7-8-9-10-11-12-35(36)48-34-33-47-32-31-46-30-29-45-28-27-44-26-25-43-24-23-42-22-21-41-20-19-40-18-17-39-16-15-38-14-13-37-2/h3-34H2,1-2H3. The van der Waals surface area contributed by atoms with Crippen LogP contribution in [0.4, 0.5) is 0 Å². The number of rotatable bonds is 43. The summed E-state index contributed by atoms with van der Waals surface area (Å²) in [4.78, 5) is 11.8. The van der Waals surface area contributed by atoms with Gasteiger partial charge in [0.2, 0.25) is 0 Å². The Balaban J connectivity index is 3.10. The highest BCUT2D eigenvalue weighted by molar-refractivity contribution is 5.69. The highest BCUT2D eigenvalue weighted by Crippen LogP contribution is 2.10. The molecule has 0 heterocycles. The molecular formula is C35H70O13. The van der Waals surface area contributed by atoms with Crippen LogP contribution in [0.2, 0.25) is 0 Å². The zero-order chi connectivity index (χ0) is 34.7. The van der Waals surface area contributed by atoms with Gasteiger partial charge in [0, 0.05) is 13.5 Å². The Morgan fingerprint density at radius 3 is 0.875 bits per heavy atom. The van der Waals surface area contributed by atoms with E-state index in [2.05, 4.69) is 6.92 Å². The quantitative estimate of drug-likeness (QED) is 0.0665. The van der Waals surface area contributed by atoms with Crippen LogP contribution in [0.1, 0.15) is 71.1 Å². The van der Waals surface area contributed by atoms with Gasteiger partial charge >= 0.3 is 5.97 Å². The van der Waals surface area contributed by atoms with E-state index in [-0.39, 0.29) is 12.6 Å². The van der Waals surface area contributed by atoms with E-state index in [9.17, 15) is 4.79 Å². The SMILES string of the molecule is CCCCCCCCCCCC(=O)OCCOCCOCCOCCOCCOCCOCCOCCOCCOCCOCCOC. The van der Waals surface area contributed by atoms with Crippen LogP contribution in [0, 0.1) is 0 Å². The lowest BCUT2D eigenvalue weighted by molar-refractivity contribution is -0.145. The zero-order valence-electron chi connectivity index (χ0n) is 30.4. The smallest absolute Gasteiger partial charge is 0.305 e. The molecule has 0 aliphatic carbocycles. The first-order valence-corrected chi connectivity index (χ1v) is 18.2. The van der Waals surface area contributed by atoms with Gasteiger partial charge < -0.3 is 56.8 Å². The van der Waals surface area contributed by atoms with Crippen LogP contribution in [0.15, 0.2) is 0 Å². The fraction of sp³-hybridized carbons (Fsp3) is 0.971. The fourth-order valence-corrected chi connectivity index (χ4v) is 4.09. The largest absolute Gasteiger partial charge is 0.463 e. The van der Waals surface area contributed by atoms with Crippen molar-refractivity contribution in [3.8, 4) is 0 Å². The van der Waals surface area contributed by atoms with Crippen molar-refractivity contribution in [1.29, 1.82) is 0 Å². The maximum atomic E-state index is 11.8. The Morgan fingerprint density at radius 2 is 0.583 bits per heavy atom. The van der Waals surface area contributed by atoms with Crippen molar-refractivity contribution in [3.63, 3.8) is 0 Å². The molecule has 0 N–H and O–H groups in total. The van der Waals surface area contributed by atoms with Crippen molar-refractivity contribution in [2.24, 2.45) is 0 Å². The van der Waals surface area contributed by atoms with E-state index in [0.717, 1.165) is 12.8 Å². The number of hydrogen-bond acceptors (Lipinski definition) is 13. The molecule has 0 aromatic carbocycles. The van der Waals surface area contributed by atoms with Crippen molar-refractivity contribution < 1.29 is 61.6 Å². The van der Waals surface area contributed by atoms with Gasteiger partial charge in [0.15, 0.2) is 0 Å². The molecule has 0 radical (unpaired) electrons. The summed E-state index contributed by atoms with van der Waals surface area (Å²) in [6.07, 6.45) is 11.6. The number of methoxy groups -OCH3 is 1. The summed E-state index contributed by atoms with van der Waals surface area (Å²) in [6.45, 7) is 13.2. The van der Waals surface area contributed by atoms with Crippen molar-refractivity contribution in [2.45, 2.75) is 71.1 Å². The second-order valence-electron chi connectivity index (χ2n) is 10.9. The Kier molecular flexibility index (Phi) is 43.2. The Labute approximate surface area is 291 Å². The second-order valence-corrected chi connectivity index (χ2v) is 10.9. The molecule has 0 bridgehead atoms. The van der Waals surface area contributed by atoms with E-state index in [0.29, 0.717) is 145 Å². The highest BCUT2D eigenvalue weighted by atomic mass is 16.6. The molecule has 0 aliphatic rings. The van der Waals surface area contributed by atoms with Gasteiger partial charge in [-0.05, 0) is 6.42 Å². The van der Waals surface area contributed by atoms with E-state index >= 15 is 0 Å². The lowest BCUT2D eigenvalue weighted by atomic mass is 10.1. The highest BCUT2D eigenvalue weighted by Gasteiger charge is 2.03. The molecule has 0 amide bonds. The lowest BCUT2D eigenvalue weighted by Gasteiger charge is -2.09. The molecule has 288 valence electrons. The number of hydrogen-bond donors (Lipinski definition) is 0. The van der Waals surface area contributed by atoms with Gasteiger partial charge in [-0.25, -0.2) is 0 Å². The molecule has 13 heteroatoms. The number of carbonyl (C=O) groups is 1. The average Bonchev–Trinajstić information content (AvgIpc) is 3.09. The van der Waals surface area contributed by atoms with Crippen LogP contribution in [0.5, 0.6) is 0 Å². The maximum Gasteiger partial charge on any atom is 0.305 e. The predicted molar refractivity (Wildman–Crippen MR) is 183 cm³/mol. The maximum absolute atomic E-state index is 11.8.